The molecule has 116 valence electrons. The van der Waals surface area contributed by atoms with Gasteiger partial charge in [-0.15, -0.1) is 0 Å². The minimum absolute atomic E-state index is 0.459. The molecule has 0 aliphatic carbocycles. The molecule has 6 nitrogen and oxygen atoms in total. The first-order valence-corrected chi connectivity index (χ1v) is 8.10. The van der Waals surface area contributed by atoms with E-state index in [1.54, 1.807) is 30.3 Å². The second-order valence-corrected chi connectivity index (χ2v) is 7.48. The predicted molar refractivity (Wildman–Crippen MR) is 79.7 cm³/mol. The molecule has 0 spiro atoms. The number of hydrogen-bond acceptors (Lipinski definition) is 4. The van der Waals surface area contributed by atoms with E-state index < -0.39 is 38.1 Å². The normalized spacial score (nSPS) is 14.5. The summed E-state index contributed by atoms with van der Waals surface area (Å²) in [5.74, 6) is -2.81. The van der Waals surface area contributed by atoms with Crippen LogP contribution in [0.25, 0.3) is 0 Å². The van der Waals surface area contributed by atoms with Gasteiger partial charge in [0.1, 0.15) is 5.25 Å². The summed E-state index contributed by atoms with van der Waals surface area (Å²) in [7, 11) is -4.13. The highest BCUT2D eigenvalue weighted by atomic mass is 32.2. The number of amides is 1. The SMILES string of the molecule is CC(C)C(C(=O)O)S(=O)(=O)C(C)C(=O)Nc1ccccc1. The van der Waals surface area contributed by atoms with Gasteiger partial charge >= 0.3 is 5.97 Å². The van der Waals surface area contributed by atoms with Crippen LogP contribution in [-0.4, -0.2) is 35.9 Å². The lowest BCUT2D eigenvalue weighted by Gasteiger charge is -2.21. The predicted octanol–water partition coefficient (Wildman–Crippen LogP) is 1.54. The molecule has 2 unspecified atom stereocenters. The van der Waals surface area contributed by atoms with E-state index in [1.807, 2.05) is 0 Å². The molecule has 0 fully saturated rings. The molecule has 1 aromatic carbocycles. The van der Waals surface area contributed by atoms with Gasteiger partial charge in [-0.05, 0) is 25.0 Å². The fraction of sp³-hybridized carbons (Fsp3) is 0.429. The molecule has 21 heavy (non-hydrogen) atoms. The molecule has 1 rings (SSSR count). The molecule has 0 radical (unpaired) electrons. The molecule has 0 aliphatic rings. The fourth-order valence-corrected chi connectivity index (χ4v) is 3.78. The number of carbonyl (C=O) groups excluding carboxylic acids is 1. The van der Waals surface area contributed by atoms with Crippen molar-refractivity contribution in [3.8, 4) is 0 Å². The lowest BCUT2D eigenvalue weighted by atomic mass is 10.1. The molecule has 0 saturated heterocycles. The number of para-hydroxylation sites is 1. The summed E-state index contributed by atoms with van der Waals surface area (Å²) in [5.41, 5.74) is 0.459. The standard InChI is InChI=1S/C14H19NO5S/c1-9(2)12(14(17)18)21(19,20)10(3)13(16)15-11-7-5-4-6-8-11/h4-10,12H,1-3H3,(H,15,16)(H,17,18). The minimum atomic E-state index is -4.13. The molecule has 0 aromatic heterocycles. The van der Waals surface area contributed by atoms with E-state index in [0.717, 1.165) is 0 Å². The fourth-order valence-electron chi connectivity index (χ4n) is 1.94. The van der Waals surface area contributed by atoms with Crippen LogP contribution in [-0.2, 0) is 19.4 Å². The van der Waals surface area contributed by atoms with E-state index in [4.69, 9.17) is 5.11 Å². The Morgan fingerprint density at radius 3 is 2.05 bits per heavy atom. The van der Waals surface area contributed by atoms with E-state index in [1.165, 1.54) is 20.8 Å². The van der Waals surface area contributed by atoms with E-state index in [9.17, 15) is 18.0 Å². The molecule has 0 saturated carbocycles. The summed E-state index contributed by atoms with van der Waals surface area (Å²) in [6.07, 6.45) is 0. The van der Waals surface area contributed by atoms with Crippen molar-refractivity contribution in [3.05, 3.63) is 30.3 Å². The van der Waals surface area contributed by atoms with E-state index in [0.29, 0.717) is 5.69 Å². The van der Waals surface area contributed by atoms with Gasteiger partial charge < -0.3 is 10.4 Å². The van der Waals surface area contributed by atoms with Gasteiger partial charge in [0.25, 0.3) is 0 Å². The lowest BCUT2D eigenvalue weighted by molar-refractivity contribution is -0.137. The number of carboxylic acid groups (broad SMARTS) is 1. The Kier molecular flexibility index (Phi) is 5.48. The zero-order chi connectivity index (χ0) is 16.2. The Morgan fingerprint density at radius 1 is 1.10 bits per heavy atom. The first-order chi connectivity index (χ1) is 9.67. The molecule has 0 bridgehead atoms. The van der Waals surface area contributed by atoms with Crippen LogP contribution in [0, 0.1) is 5.92 Å². The highest BCUT2D eigenvalue weighted by Crippen LogP contribution is 2.19. The third-order valence-electron chi connectivity index (χ3n) is 3.11. The maximum Gasteiger partial charge on any atom is 0.322 e. The largest absolute Gasteiger partial charge is 0.480 e. The topological polar surface area (TPSA) is 101 Å². The van der Waals surface area contributed by atoms with Gasteiger partial charge in [-0.25, -0.2) is 8.42 Å². The van der Waals surface area contributed by atoms with Crippen molar-refractivity contribution in [1.82, 2.24) is 0 Å². The van der Waals surface area contributed by atoms with Crippen LogP contribution in [0.15, 0.2) is 30.3 Å². The minimum Gasteiger partial charge on any atom is -0.480 e. The number of benzene rings is 1. The monoisotopic (exact) mass is 313 g/mol. The maximum absolute atomic E-state index is 12.3. The van der Waals surface area contributed by atoms with Crippen molar-refractivity contribution >= 4 is 27.4 Å². The lowest BCUT2D eigenvalue weighted by Crippen LogP contribution is -2.44. The number of aliphatic carboxylic acids is 1. The molecule has 1 amide bonds. The van der Waals surface area contributed by atoms with Gasteiger partial charge in [-0.3, -0.25) is 9.59 Å². The Bertz CT molecular complexity index is 610. The second-order valence-electron chi connectivity index (χ2n) is 5.09. The van der Waals surface area contributed by atoms with Gasteiger partial charge in [0, 0.05) is 5.69 Å². The van der Waals surface area contributed by atoms with Crippen molar-refractivity contribution in [2.45, 2.75) is 31.3 Å². The Hall–Kier alpha value is -1.89. The van der Waals surface area contributed by atoms with Crippen LogP contribution in [0.2, 0.25) is 0 Å². The van der Waals surface area contributed by atoms with Gasteiger partial charge in [0.15, 0.2) is 15.1 Å². The zero-order valence-electron chi connectivity index (χ0n) is 12.1. The van der Waals surface area contributed by atoms with Crippen LogP contribution in [0.5, 0.6) is 0 Å². The van der Waals surface area contributed by atoms with E-state index in [2.05, 4.69) is 5.32 Å². The number of hydrogen-bond donors (Lipinski definition) is 2. The molecule has 2 N–H and O–H groups in total. The summed E-state index contributed by atoms with van der Waals surface area (Å²) < 4.78 is 24.6. The average Bonchev–Trinajstić information content (AvgIpc) is 2.37. The number of rotatable bonds is 6. The van der Waals surface area contributed by atoms with Crippen molar-refractivity contribution in [2.75, 3.05) is 5.32 Å². The van der Waals surface area contributed by atoms with Crippen molar-refractivity contribution in [1.29, 1.82) is 0 Å². The smallest absolute Gasteiger partial charge is 0.322 e. The number of anilines is 1. The first-order valence-electron chi connectivity index (χ1n) is 6.49. The highest BCUT2D eigenvalue weighted by Gasteiger charge is 2.42. The molecular formula is C14H19NO5S. The quantitative estimate of drug-likeness (QED) is 0.829. The summed E-state index contributed by atoms with van der Waals surface area (Å²) in [5, 5.41) is 8.51. The summed E-state index contributed by atoms with van der Waals surface area (Å²) in [4.78, 5) is 23.2. The Morgan fingerprint density at radius 2 is 1.62 bits per heavy atom. The van der Waals surface area contributed by atoms with Gasteiger partial charge in [-0.2, -0.15) is 0 Å². The van der Waals surface area contributed by atoms with E-state index >= 15 is 0 Å². The van der Waals surface area contributed by atoms with Crippen LogP contribution in [0.1, 0.15) is 20.8 Å². The summed E-state index contributed by atoms with van der Waals surface area (Å²) >= 11 is 0. The van der Waals surface area contributed by atoms with Crippen molar-refractivity contribution in [2.24, 2.45) is 5.92 Å². The molecule has 0 aliphatic heterocycles. The molecular weight excluding hydrogens is 294 g/mol. The van der Waals surface area contributed by atoms with Gasteiger partial charge in [0.05, 0.1) is 0 Å². The Labute approximate surface area is 124 Å². The third kappa shape index (κ3) is 4.04. The first kappa shape index (κ1) is 17.2. The number of carbonyl (C=O) groups is 2. The van der Waals surface area contributed by atoms with Gasteiger partial charge in [-0.1, -0.05) is 32.0 Å². The molecule has 2 atom stereocenters. The molecule has 1 aromatic rings. The van der Waals surface area contributed by atoms with Crippen LogP contribution in [0.4, 0.5) is 5.69 Å². The number of carboxylic acids is 1. The highest BCUT2D eigenvalue weighted by molar-refractivity contribution is 7.94. The van der Waals surface area contributed by atoms with E-state index in [-0.39, 0.29) is 0 Å². The average molecular weight is 313 g/mol. The van der Waals surface area contributed by atoms with Crippen molar-refractivity contribution in [3.63, 3.8) is 0 Å². The molecule has 7 heteroatoms. The van der Waals surface area contributed by atoms with Crippen LogP contribution < -0.4 is 5.32 Å². The van der Waals surface area contributed by atoms with Gasteiger partial charge in [0.2, 0.25) is 5.91 Å². The second kappa shape index (κ2) is 6.71. The summed E-state index contributed by atoms with van der Waals surface area (Å²) in [6, 6.07) is 8.39. The summed E-state index contributed by atoms with van der Waals surface area (Å²) in [6.45, 7) is 4.20. The maximum atomic E-state index is 12.3. The van der Waals surface area contributed by atoms with Crippen LogP contribution in [0.3, 0.4) is 0 Å². The number of sulfone groups is 1. The third-order valence-corrected chi connectivity index (χ3v) is 5.76. The molecule has 0 heterocycles. The van der Waals surface area contributed by atoms with Crippen LogP contribution >= 0.6 is 0 Å². The Balaban J connectivity index is 2.97. The zero-order valence-corrected chi connectivity index (χ0v) is 12.9. The van der Waals surface area contributed by atoms with Crippen molar-refractivity contribution < 1.29 is 23.1 Å². The number of nitrogens with one attached hydrogen (secondary N) is 1.